The third kappa shape index (κ3) is 5.13. The van der Waals surface area contributed by atoms with Gasteiger partial charge in [-0.25, -0.2) is 0 Å². The summed E-state index contributed by atoms with van der Waals surface area (Å²) in [7, 11) is 0. The first-order valence-corrected chi connectivity index (χ1v) is 7.14. The standard InChI is InChI=1S/C11H10.C6H8.C2H6/c1-9-5-4-7-10-6-2-3-8-11(9)10;1-2-4-6-5-3-1;1-2/h2-8H,1H3;1-4H,5-6H2;1-2H3. The molecule has 0 unspecified atom stereocenters. The highest BCUT2D eigenvalue weighted by Gasteiger charge is 1.92. The SMILES string of the molecule is C1=CCCC=C1.CC.Cc1cccc2ccccc12. The van der Waals surface area contributed by atoms with Crippen molar-refractivity contribution >= 4 is 10.8 Å². The average molecular weight is 252 g/mol. The van der Waals surface area contributed by atoms with Gasteiger partial charge in [0.25, 0.3) is 0 Å². The highest BCUT2D eigenvalue weighted by molar-refractivity contribution is 5.85. The number of hydrogen-bond donors (Lipinski definition) is 0. The molecule has 0 bridgehead atoms. The highest BCUT2D eigenvalue weighted by atomic mass is 14.0. The molecular weight excluding hydrogens is 228 g/mol. The minimum absolute atomic E-state index is 1.23. The van der Waals surface area contributed by atoms with Crippen LogP contribution in [0.15, 0.2) is 66.8 Å². The predicted octanol–water partition coefficient (Wildman–Crippen LogP) is 6.07. The second-order valence-corrected chi connectivity index (χ2v) is 4.23. The summed E-state index contributed by atoms with van der Waals surface area (Å²) in [6, 6.07) is 14.8. The molecule has 0 radical (unpaired) electrons. The maximum absolute atomic E-state index is 2.18. The van der Waals surface area contributed by atoms with Crippen LogP contribution in [-0.4, -0.2) is 0 Å². The van der Waals surface area contributed by atoms with Gasteiger partial charge >= 0.3 is 0 Å². The van der Waals surface area contributed by atoms with Crippen LogP contribution in [0.2, 0.25) is 0 Å². The monoisotopic (exact) mass is 252 g/mol. The van der Waals surface area contributed by atoms with Crippen LogP contribution in [-0.2, 0) is 0 Å². The van der Waals surface area contributed by atoms with E-state index in [0.717, 1.165) is 0 Å². The van der Waals surface area contributed by atoms with Crippen LogP contribution in [0.3, 0.4) is 0 Å². The Morgan fingerprint density at radius 1 is 0.737 bits per heavy atom. The molecule has 0 heterocycles. The number of fused-ring (bicyclic) bond motifs is 1. The first-order valence-electron chi connectivity index (χ1n) is 7.14. The van der Waals surface area contributed by atoms with Crippen molar-refractivity contribution < 1.29 is 0 Å². The van der Waals surface area contributed by atoms with E-state index in [-0.39, 0.29) is 0 Å². The Hall–Kier alpha value is -1.82. The van der Waals surface area contributed by atoms with Gasteiger partial charge in [-0.1, -0.05) is 80.6 Å². The fourth-order valence-electron chi connectivity index (χ4n) is 1.93. The van der Waals surface area contributed by atoms with E-state index in [9.17, 15) is 0 Å². The lowest BCUT2D eigenvalue weighted by atomic mass is 10.1. The van der Waals surface area contributed by atoms with Crippen LogP contribution >= 0.6 is 0 Å². The molecule has 0 N–H and O–H groups in total. The molecule has 0 aromatic heterocycles. The largest absolute Gasteiger partial charge is 0.0842 e. The molecule has 0 nitrogen and oxygen atoms in total. The lowest BCUT2D eigenvalue weighted by Gasteiger charge is -1.98. The van der Waals surface area contributed by atoms with Crippen LogP contribution < -0.4 is 0 Å². The summed E-state index contributed by atoms with van der Waals surface area (Å²) < 4.78 is 0. The Balaban J connectivity index is 0.000000192. The Morgan fingerprint density at radius 2 is 1.32 bits per heavy atom. The van der Waals surface area contributed by atoms with Crippen LogP contribution in [0.5, 0.6) is 0 Å². The molecule has 100 valence electrons. The van der Waals surface area contributed by atoms with Crippen molar-refractivity contribution in [1.82, 2.24) is 0 Å². The van der Waals surface area contributed by atoms with Gasteiger partial charge in [-0.3, -0.25) is 0 Å². The van der Waals surface area contributed by atoms with E-state index in [1.807, 2.05) is 13.8 Å². The fourth-order valence-corrected chi connectivity index (χ4v) is 1.93. The van der Waals surface area contributed by atoms with Crippen molar-refractivity contribution in [2.75, 3.05) is 0 Å². The molecule has 0 amide bonds. The van der Waals surface area contributed by atoms with Crippen molar-refractivity contribution in [1.29, 1.82) is 0 Å². The van der Waals surface area contributed by atoms with Gasteiger partial charge in [-0.05, 0) is 36.1 Å². The summed E-state index contributed by atoms with van der Waals surface area (Å²) in [6.07, 6.45) is 11.0. The van der Waals surface area contributed by atoms with Crippen LogP contribution in [0, 0.1) is 6.92 Å². The molecule has 0 spiro atoms. The number of allylic oxidation sites excluding steroid dienone is 4. The average Bonchev–Trinajstić information content (AvgIpc) is 2.52. The van der Waals surface area contributed by atoms with Crippen LogP contribution in [0.25, 0.3) is 10.8 Å². The third-order valence-corrected chi connectivity index (χ3v) is 2.89. The molecule has 1 aliphatic rings. The summed E-state index contributed by atoms with van der Waals surface area (Å²) in [5, 5.41) is 2.68. The van der Waals surface area contributed by atoms with E-state index in [4.69, 9.17) is 0 Å². The van der Waals surface area contributed by atoms with E-state index in [0.29, 0.717) is 0 Å². The van der Waals surface area contributed by atoms with Crippen molar-refractivity contribution in [3.05, 3.63) is 72.3 Å². The number of rotatable bonds is 0. The fraction of sp³-hybridized carbons (Fsp3) is 0.263. The van der Waals surface area contributed by atoms with Crippen molar-refractivity contribution in [2.24, 2.45) is 0 Å². The minimum Gasteiger partial charge on any atom is -0.0842 e. The topological polar surface area (TPSA) is 0 Å². The lowest BCUT2D eigenvalue weighted by molar-refractivity contribution is 1.04. The van der Waals surface area contributed by atoms with Crippen LogP contribution in [0.4, 0.5) is 0 Å². The van der Waals surface area contributed by atoms with Gasteiger partial charge in [0.05, 0.1) is 0 Å². The normalized spacial score (nSPS) is 12.2. The first kappa shape index (κ1) is 15.2. The number of benzene rings is 2. The van der Waals surface area contributed by atoms with Crippen molar-refractivity contribution in [2.45, 2.75) is 33.6 Å². The van der Waals surface area contributed by atoms with Gasteiger partial charge in [-0.2, -0.15) is 0 Å². The van der Waals surface area contributed by atoms with Gasteiger partial charge < -0.3 is 0 Å². The van der Waals surface area contributed by atoms with E-state index < -0.39 is 0 Å². The lowest BCUT2D eigenvalue weighted by Crippen LogP contribution is -1.75. The quantitative estimate of drug-likeness (QED) is 0.534. The summed E-state index contributed by atoms with van der Waals surface area (Å²) >= 11 is 0. The minimum atomic E-state index is 1.23. The molecule has 0 heteroatoms. The van der Waals surface area contributed by atoms with Crippen LogP contribution in [0.1, 0.15) is 32.3 Å². The van der Waals surface area contributed by atoms with E-state index in [1.165, 1.54) is 29.2 Å². The van der Waals surface area contributed by atoms with Gasteiger partial charge in [0.2, 0.25) is 0 Å². The Bertz CT molecular complexity index is 515. The number of aryl methyl sites for hydroxylation is 1. The zero-order valence-electron chi connectivity index (χ0n) is 12.3. The zero-order chi connectivity index (χ0) is 13.9. The summed E-state index contributed by atoms with van der Waals surface area (Å²) in [4.78, 5) is 0. The maximum Gasteiger partial charge on any atom is -0.0155 e. The maximum atomic E-state index is 2.18. The Labute approximate surface area is 117 Å². The van der Waals surface area contributed by atoms with Gasteiger partial charge in [0, 0.05) is 0 Å². The molecule has 1 aliphatic carbocycles. The van der Waals surface area contributed by atoms with Gasteiger partial charge in [0.15, 0.2) is 0 Å². The van der Waals surface area contributed by atoms with Crippen molar-refractivity contribution in [3.63, 3.8) is 0 Å². The Kier molecular flexibility index (Phi) is 7.34. The van der Waals surface area contributed by atoms with Gasteiger partial charge in [-0.15, -0.1) is 0 Å². The zero-order valence-corrected chi connectivity index (χ0v) is 12.3. The summed E-state index contributed by atoms with van der Waals surface area (Å²) in [5.41, 5.74) is 1.35. The first-order chi connectivity index (χ1) is 9.38. The number of hydrogen-bond acceptors (Lipinski definition) is 0. The molecule has 0 fully saturated rings. The molecule has 19 heavy (non-hydrogen) atoms. The smallest absolute Gasteiger partial charge is 0.0155 e. The third-order valence-electron chi connectivity index (χ3n) is 2.89. The predicted molar refractivity (Wildman–Crippen MR) is 87.5 cm³/mol. The second kappa shape index (κ2) is 9.16. The van der Waals surface area contributed by atoms with Gasteiger partial charge in [0.1, 0.15) is 0 Å². The molecule has 2 aromatic carbocycles. The molecule has 0 saturated carbocycles. The second-order valence-electron chi connectivity index (χ2n) is 4.23. The Morgan fingerprint density at radius 3 is 1.84 bits per heavy atom. The highest BCUT2D eigenvalue weighted by Crippen LogP contribution is 2.16. The van der Waals surface area contributed by atoms with E-state index >= 15 is 0 Å². The molecule has 3 rings (SSSR count). The summed E-state index contributed by atoms with van der Waals surface area (Å²) in [5.74, 6) is 0. The molecule has 2 aromatic rings. The van der Waals surface area contributed by atoms with E-state index in [1.54, 1.807) is 0 Å². The van der Waals surface area contributed by atoms with E-state index in [2.05, 4.69) is 73.7 Å². The molecule has 0 aliphatic heterocycles. The summed E-state index contributed by atoms with van der Waals surface area (Å²) in [6.45, 7) is 6.14. The molecular formula is C19H24. The molecule has 0 atom stereocenters. The van der Waals surface area contributed by atoms with Crippen molar-refractivity contribution in [3.8, 4) is 0 Å². The molecule has 0 saturated heterocycles.